The summed E-state index contributed by atoms with van der Waals surface area (Å²) in [5.41, 5.74) is 3.91. The van der Waals surface area contributed by atoms with Crippen LogP contribution in [0.2, 0.25) is 0 Å². The molecule has 1 heterocycles. The van der Waals surface area contributed by atoms with Crippen LogP contribution >= 0.6 is 21.6 Å². The molecule has 0 spiro atoms. The van der Waals surface area contributed by atoms with Gasteiger partial charge < -0.3 is 4.98 Å². The van der Waals surface area contributed by atoms with Crippen molar-refractivity contribution in [3.63, 3.8) is 0 Å². The zero-order valence-electron chi connectivity index (χ0n) is 15.1. The van der Waals surface area contributed by atoms with Gasteiger partial charge >= 0.3 is 0 Å². The summed E-state index contributed by atoms with van der Waals surface area (Å²) in [5, 5.41) is 0. The number of rotatable bonds is 12. The lowest BCUT2D eigenvalue weighted by atomic mass is 10.1. The fourth-order valence-corrected chi connectivity index (χ4v) is 5.48. The van der Waals surface area contributed by atoms with Crippen LogP contribution in [-0.2, 0) is 0 Å². The molecular weight excluding hydrogens is 330 g/mol. The summed E-state index contributed by atoms with van der Waals surface area (Å²) in [6.07, 6.45) is 13.2. The maximum Gasteiger partial charge on any atom is 0.0465 e. The summed E-state index contributed by atoms with van der Waals surface area (Å²) in [6, 6.07) is 10.8. The molecule has 0 aliphatic carbocycles. The summed E-state index contributed by atoms with van der Waals surface area (Å²) < 4.78 is 0. The molecule has 24 heavy (non-hydrogen) atoms. The van der Waals surface area contributed by atoms with E-state index in [4.69, 9.17) is 0 Å². The minimum Gasteiger partial charge on any atom is -0.361 e. The number of H-pyrrole nitrogens is 1. The molecule has 0 amide bonds. The van der Waals surface area contributed by atoms with E-state index in [-0.39, 0.29) is 0 Å². The van der Waals surface area contributed by atoms with Gasteiger partial charge in [-0.3, -0.25) is 0 Å². The molecule has 0 radical (unpaired) electrons. The van der Waals surface area contributed by atoms with Gasteiger partial charge in [0.05, 0.1) is 0 Å². The molecule has 2 rings (SSSR count). The van der Waals surface area contributed by atoms with Gasteiger partial charge in [0.25, 0.3) is 0 Å². The molecule has 132 valence electrons. The molecule has 1 aromatic carbocycles. The van der Waals surface area contributed by atoms with Crippen LogP contribution in [0.4, 0.5) is 0 Å². The summed E-state index contributed by atoms with van der Waals surface area (Å²) in [4.78, 5) is 4.74. The normalized spacial score (nSPS) is 11.1. The van der Waals surface area contributed by atoms with Gasteiger partial charge in [0, 0.05) is 28.1 Å². The highest BCUT2D eigenvalue weighted by Gasteiger charge is 2.09. The van der Waals surface area contributed by atoms with Crippen LogP contribution in [0.15, 0.2) is 41.4 Å². The SMILES string of the molecule is CCCCCCCCCCSSc1c(C)cccc1-c1ccc[nH]1. The summed E-state index contributed by atoms with van der Waals surface area (Å²) in [5.74, 6) is 1.25. The molecule has 3 heteroatoms. The van der Waals surface area contributed by atoms with E-state index in [2.05, 4.69) is 49.2 Å². The third-order valence-corrected chi connectivity index (χ3v) is 6.96. The van der Waals surface area contributed by atoms with Crippen LogP contribution in [0.25, 0.3) is 11.3 Å². The molecule has 0 aliphatic rings. The fraction of sp³-hybridized carbons (Fsp3) is 0.524. The maximum absolute atomic E-state index is 3.34. The summed E-state index contributed by atoms with van der Waals surface area (Å²) in [7, 11) is 3.95. The zero-order chi connectivity index (χ0) is 17.0. The number of hydrogen-bond donors (Lipinski definition) is 1. The van der Waals surface area contributed by atoms with Crippen molar-refractivity contribution in [1.82, 2.24) is 4.98 Å². The van der Waals surface area contributed by atoms with Crippen LogP contribution in [0, 0.1) is 6.92 Å². The molecule has 2 aromatic rings. The van der Waals surface area contributed by atoms with Gasteiger partial charge in [-0.05, 0) is 31.0 Å². The first-order valence-electron chi connectivity index (χ1n) is 9.35. The first kappa shape index (κ1) is 19.5. The highest BCUT2D eigenvalue weighted by Crippen LogP contribution is 2.40. The van der Waals surface area contributed by atoms with Crippen molar-refractivity contribution < 1.29 is 0 Å². The van der Waals surface area contributed by atoms with Crippen molar-refractivity contribution in [2.75, 3.05) is 5.75 Å². The second kappa shape index (κ2) is 11.7. The van der Waals surface area contributed by atoms with E-state index in [1.165, 1.54) is 78.8 Å². The monoisotopic (exact) mass is 361 g/mol. The average Bonchev–Trinajstić information content (AvgIpc) is 3.12. The minimum absolute atomic E-state index is 1.22. The lowest BCUT2D eigenvalue weighted by Crippen LogP contribution is -1.86. The Morgan fingerprint density at radius 2 is 1.62 bits per heavy atom. The van der Waals surface area contributed by atoms with Crippen LogP contribution < -0.4 is 0 Å². The second-order valence-corrected chi connectivity index (χ2v) is 8.84. The highest BCUT2D eigenvalue weighted by molar-refractivity contribution is 8.76. The number of unbranched alkanes of at least 4 members (excludes halogenated alkanes) is 7. The number of nitrogens with one attached hydrogen (secondary N) is 1. The van der Waals surface area contributed by atoms with Crippen molar-refractivity contribution in [1.29, 1.82) is 0 Å². The number of hydrogen-bond acceptors (Lipinski definition) is 2. The molecular formula is C21H31NS2. The predicted molar refractivity (Wildman–Crippen MR) is 112 cm³/mol. The van der Waals surface area contributed by atoms with E-state index in [1.807, 2.05) is 27.8 Å². The van der Waals surface area contributed by atoms with Gasteiger partial charge in [-0.25, -0.2) is 0 Å². The van der Waals surface area contributed by atoms with Gasteiger partial charge in [-0.15, -0.1) is 0 Å². The Labute approximate surface area is 155 Å². The number of benzene rings is 1. The lowest BCUT2D eigenvalue weighted by Gasteiger charge is -2.10. The molecule has 0 saturated carbocycles. The average molecular weight is 362 g/mol. The number of aryl methyl sites for hydroxylation is 1. The Bertz CT molecular complexity index is 563. The molecule has 0 fully saturated rings. The molecule has 1 aromatic heterocycles. The number of aromatic amines is 1. The molecule has 0 atom stereocenters. The van der Waals surface area contributed by atoms with E-state index in [0.717, 1.165) is 0 Å². The van der Waals surface area contributed by atoms with Gasteiger partial charge in [0.15, 0.2) is 0 Å². The summed E-state index contributed by atoms with van der Waals surface area (Å²) in [6.45, 7) is 4.50. The molecule has 0 unspecified atom stereocenters. The Morgan fingerprint density at radius 1 is 0.875 bits per heavy atom. The van der Waals surface area contributed by atoms with Gasteiger partial charge in [0.2, 0.25) is 0 Å². The van der Waals surface area contributed by atoms with Gasteiger partial charge in [-0.1, -0.05) is 91.7 Å². The van der Waals surface area contributed by atoms with Crippen molar-refractivity contribution in [2.45, 2.75) is 70.1 Å². The third-order valence-electron chi connectivity index (χ3n) is 4.32. The Kier molecular flexibility index (Phi) is 9.52. The molecule has 1 N–H and O–H groups in total. The molecule has 1 nitrogen and oxygen atoms in total. The van der Waals surface area contributed by atoms with E-state index in [1.54, 1.807) is 0 Å². The van der Waals surface area contributed by atoms with E-state index >= 15 is 0 Å². The largest absolute Gasteiger partial charge is 0.361 e. The van der Waals surface area contributed by atoms with Crippen LogP contribution in [-0.4, -0.2) is 10.7 Å². The van der Waals surface area contributed by atoms with E-state index in [0.29, 0.717) is 0 Å². The van der Waals surface area contributed by atoms with Gasteiger partial charge in [-0.2, -0.15) is 0 Å². The Hall–Kier alpha value is -0.800. The predicted octanol–water partition coefficient (Wildman–Crippen LogP) is 7.87. The molecule has 0 bridgehead atoms. The zero-order valence-corrected chi connectivity index (χ0v) is 16.8. The van der Waals surface area contributed by atoms with Crippen molar-refractivity contribution in [3.8, 4) is 11.3 Å². The van der Waals surface area contributed by atoms with Crippen molar-refractivity contribution in [3.05, 3.63) is 42.1 Å². The van der Waals surface area contributed by atoms with Gasteiger partial charge in [0.1, 0.15) is 0 Å². The van der Waals surface area contributed by atoms with Crippen molar-refractivity contribution in [2.24, 2.45) is 0 Å². The van der Waals surface area contributed by atoms with Crippen LogP contribution in [0.3, 0.4) is 0 Å². The summed E-state index contributed by atoms with van der Waals surface area (Å²) >= 11 is 0. The Morgan fingerprint density at radius 3 is 2.33 bits per heavy atom. The number of aromatic nitrogens is 1. The third kappa shape index (κ3) is 6.60. The second-order valence-electron chi connectivity index (χ2n) is 6.42. The topological polar surface area (TPSA) is 15.8 Å². The first-order chi connectivity index (χ1) is 11.8. The van der Waals surface area contributed by atoms with E-state index in [9.17, 15) is 0 Å². The van der Waals surface area contributed by atoms with E-state index < -0.39 is 0 Å². The fourth-order valence-electron chi connectivity index (χ4n) is 2.87. The lowest BCUT2D eigenvalue weighted by molar-refractivity contribution is 0.586. The Balaban J connectivity index is 1.68. The quantitative estimate of drug-likeness (QED) is 0.306. The van der Waals surface area contributed by atoms with Crippen LogP contribution in [0.1, 0.15) is 63.9 Å². The highest BCUT2D eigenvalue weighted by atomic mass is 33.1. The minimum atomic E-state index is 1.22. The standard InChI is InChI=1S/C21H31NS2/c1-3-4-5-6-7-8-9-10-17-23-24-21-18(2)13-11-14-19(21)20-15-12-16-22-20/h11-16,22H,3-10,17H2,1-2H3. The van der Waals surface area contributed by atoms with Crippen LogP contribution in [0.5, 0.6) is 0 Å². The first-order valence-corrected chi connectivity index (χ1v) is 11.7. The smallest absolute Gasteiger partial charge is 0.0465 e. The maximum atomic E-state index is 3.34. The molecule has 0 saturated heterocycles. The molecule has 0 aliphatic heterocycles. The van der Waals surface area contributed by atoms with Crippen molar-refractivity contribution >= 4 is 21.6 Å².